The van der Waals surface area contributed by atoms with Crippen molar-refractivity contribution in [3.05, 3.63) is 70.6 Å². The van der Waals surface area contributed by atoms with Gasteiger partial charge in [-0.05, 0) is 29.8 Å². The standard InChI is InChI=1S/C23H22N2O3S/c26-23(21-13-17-15-28-20-8-4-2-6-18(20)22(17)29-21)24-19-7-3-1-5-16(19)14-25-9-11-27-12-10-25/h1-8,13H,9-12,14-15H2,(H,24,26). The normalized spacial score (nSPS) is 15.9. The van der Waals surface area contributed by atoms with Gasteiger partial charge in [0, 0.05) is 41.3 Å². The smallest absolute Gasteiger partial charge is 0.265 e. The summed E-state index contributed by atoms with van der Waals surface area (Å²) in [5.41, 5.74) is 4.12. The maximum atomic E-state index is 13.0. The van der Waals surface area contributed by atoms with E-state index in [0.29, 0.717) is 11.5 Å². The Balaban J connectivity index is 1.36. The van der Waals surface area contributed by atoms with Crippen molar-refractivity contribution in [2.45, 2.75) is 13.2 Å². The Morgan fingerprint density at radius 2 is 1.86 bits per heavy atom. The van der Waals surface area contributed by atoms with Crippen LogP contribution >= 0.6 is 11.3 Å². The van der Waals surface area contributed by atoms with Crippen molar-refractivity contribution >= 4 is 22.9 Å². The Hall–Kier alpha value is -2.67. The first-order valence-corrected chi connectivity index (χ1v) is 10.6. The number of nitrogens with zero attached hydrogens (tertiary/aromatic N) is 1. The third-order valence-electron chi connectivity index (χ3n) is 5.31. The van der Waals surface area contributed by atoms with Gasteiger partial charge in [0.2, 0.25) is 0 Å². The summed E-state index contributed by atoms with van der Waals surface area (Å²) in [6, 6.07) is 18.0. The number of carbonyl (C=O) groups excluding carboxylic acids is 1. The van der Waals surface area contributed by atoms with Gasteiger partial charge in [-0.15, -0.1) is 11.3 Å². The fourth-order valence-electron chi connectivity index (χ4n) is 3.78. The number of morpholine rings is 1. The van der Waals surface area contributed by atoms with Crippen molar-refractivity contribution < 1.29 is 14.3 Å². The number of anilines is 1. The molecule has 0 radical (unpaired) electrons. The van der Waals surface area contributed by atoms with Crippen LogP contribution in [0.3, 0.4) is 0 Å². The number of nitrogens with one attached hydrogen (secondary N) is 1. The minimum absolute atomic E-state index is 0.0729. The van der Waals surface area contributed by atoms with Crippen LogP contribution in [0.2, 0.25) is 0 Å². The number of thiophene rings is 1. The number of rotatable bonds is 4. The summed E-state index contributed by atoms with van der Waals surface area (Å²) in [5.74, 6) is 0.806. The van der Waals surface area contributed by atoms with Crippen LogP contribution < -0.4 is 10.1 Å². The molecule has 0 unspecified atom stereocenters. The summed E-state index contributed by atoms with van der Waals surface area (Å²) < 4.78 is 11.3. The molecule has 1 N–H and O–H groups in total. The second-order valence-corrected chi connectivity index (χ2v) is 8.30. The highest BCUT2D eigenvalue weighted by Gasteiger charge is 2.23. The maximum absolute atomic E-state index is 13.0. The van der Waals surface area contributed by atoms with Crippen LogP contribution in [-0.4, -0.2) is 37.1 Å². The lowest BCUT2D eigenvalue weighted by atomic mass is 10.1. The molecule has 0 saturated carbocycles. The third kappa shape index (κ3) is 3.79. The lowest BCUT2D eigenvalue weighted by Crippen LogP contribution is -2.35. The van der Waals surface area contributed by atoms with Crippen LogP contribution in [0.1, 0.15) is 20.8 Å². The molecule has 0 spiro atoms. The van der Waals surface area contributed by atoms with Crippen LogP contribution in [0.15, 0.2) is 54.6 Å². The van der Waals surface area contributed by atoms with Gasteiger partial charge in [0.1, 0.15) is 12.4 Å². The first kappa shape index (κ1) is 18.4. The van der Waals surface area contributed by atoms with Crippen LogP contribution in [0, 0.1) is 0 Å². The van der Waals surface area contributed by atoms with E-state index in [1.54, 1.807) is 0 Å². The molecule has 3 heterocycles. The highest BCUT2D eigenvalue weighted by atomic mass is 32.1. The molecule has 148 valence electrons. The van der Waals surface area contributed by atoms with E-state index < -0.39 is 0 Å². The van der Waals surface area contributed by atoms with Gasteiger partial charge in [-0.25, -0.2) is 0 Å². The molecule has 2 aliphatic rings. The Morgan fingerprint density at radius 3 is 2.76 bits per heavy atom. The van der Waals surface area contributed by atoms with E-state index in [4.69, 9.17) is 9.47 Å². The van der Waals surface area contributed by atoms with Gasteiger partial charge in [0.15, 0.2) is 0 Å². The number of ether oxygens (including phenoxy) is 2. The summed E-state index contributed by atoms with van der Waals surface area (Å²) in [6.07, 6.45) is 0. The Labute approximate surface area is 173 Å². The molecule has 0 bridgehead atoms. The van der Waals surface area contributed by atoms with E-state index in [2.05, 4.69) is 16.3 Å². The second kappa shape index (κ2) is 7.99. The SMILES string of the molecule is O=C(Nc1ccccc1CN1CCOCC1)c1cc2c(s1)-c1ccccc1OC2. The van der Waals surface area contributed by atoms with Crippen LogP contribution in [0.4, 0.5) is 5.69 Å². The van der Waals surface area contributed by atoms with Crippen molar-refractivity contribution in [2.75, 3.05) is 31.6 Å². The van der Waals surface area contributed by atoms with Crippen molar-refractivity contribution in [1.29, 1.82) is 0 Å². The monoisotopic (exact) mass is 406 g/mol. The van der Waals surface area contributed by atoms with Crippen LogP contribution in [0.25, 0.3) is 10.4 Å². The van der Waals surface area contributed by atoms with E-state index >= 15 is 0 Å². The second-order valence-electron chi connectivity index (χ2n) is 7.25. The Bertz CT molecular complexity index is 1040. The number of amides is 1. The van der Waals surface area contributed by atoms with E-state index in [9.17, 15) is 4.79 Å². The summed E-state index contributed by atoms with van der Waals surface area (Å²) in [4.78, 5) is 17.2. The largest absolute Gasteiger partial charge is 0.488 e. The van der Waals surface area contributed by atoms with Gasteiger partial charge in [0.05, 0.1) is 18.1 Å². The minimum Gasteiger partial charge on any atom is -0.488 e. The van der Waals surface area contributed by atoms with Gasteiger partial charge in [-0.3, -0.25) is 9.69 Å². The number of para-hydroxylation sites is 2. The average Bonchev–Trinajstić information content (AvgIpc) is 3.21. The molecular formula is C23H22N2O3S. The van der Waals surface area contributed by atoms with Gasteiger partial charge < -0.3 is 14.8 Å². The summed E-state index contributed by atoms with van der Waals surface area (Å²) in [5, 5.41) is 3.12. The molecule has 0 aliphatic carbocycles. The molecule has 29 heavy (non-hydrogen) atoms. The molecule has 2 aromatic carbocycles. The number of benzene rings is 2. The molecular weight excluding hydrogens is 384 g/mol. The van der Waals surface area contributed by atoms with Crippen molar-refractivity contribution in [1.82, 2.24) is 4.90 Å². The third-order valence-corrected chi connectivity index (χ3v) is 6.52. The molecule has 1 aromatic heterocycles. The zero-order chi connectivity index (χ0) is 19.6. The molecule has 5 rings (SSSR count). The van der Waals surface area contributed by atoms with Crippen molar-refractivity contribution in [3.8, 4) is 16.2 Å². The molecule has 1 fully saturated rings. The molecule has 6 heteroatoms. The first-order chi connectivity index (χ1) is 14.3. The highest BCUT2D eigenvalue weighted by Crippen LogP contribution is 2.42. The number of carbonyl (C=O) groups is 1. The number of fused-ring (bicyclic) bond motifs is 3. The van der Waals surface area contributed by atoms with Crippen molar-refractivity contribution in [2.24, 2.45) is 0 Å². The lowest BCUT2D eigenvalue weighted by Gasteiger charge is -2.27. The average molecular weight is 407 g/mol. The maximum Gasteiger partial charge on any atom is 0.265 e. The summed E-state index contributed by atoms with van der Waals surface area (Å²) in [6.45, 7) is 4.67. The molecule has 2 aliphatic heterocycles. The molecule has 3 aromatic rings. The summed E-state index contributed by atoms with van der Waals surface area (Å²) >= 11 is 1.53. The topological polar surface area (TPSA) is 50.8 Å². The fraction of sp³-hybridized carbons (Fsp3) is 0.261. The van der Waals surface area contributed by atoms with E-state index in [1.165, 1.54) is 11.3 Å². The van der Waals surface area contributed by atoms with E-state index in [1.807, 2.05) is 48.5 Å². The number of hydrogen-bond donors (Lipinski definition) is 1. The van der Waals surface area contributed by atoms with E-state index in [-0.39, 0.29) is 5.91 Å². The predicted octanol–water partition coefficient (Wildman–Crippen LogP) is 4.39. The zero-order valence-electron chi connectivity index (χ0n) is 16.0. The fourth-order valence-corrected chi connectivity index (χ4v) is 4.87. The van der Waals surface area contributed by atoms with Gasteiger partial charge in [0.25, 0.3) is 5.91 Å². The molecule has 0 atom stereocenters. The Kier molecular flexibility index (Phi) is 5.06. The van der Waals surface area contributed by atoms with E-state index in [0.717, 1.165) is 65.9 Å². The highest BCUT2D eigenvalue weighted by molar-refractivity contribution is 7.17. The zero-order valence-corrected chi connectivity index (χ0v) is 16.8. The van der Waals surface area contributed by atoms with Crippen molar-refractivity contribution in [3.63, 3.8) is 0 Å². The van der Waals surface area contributed by atoms with Gasteiger partial charge >= 0.3 is 0 Å². The molecule has 1 saturated heterocycles. The summed E-state index contributed by atoms with van der Waals surface area (Å²) in [7, 11) is 0. The molecule has 1 amide bonds. The molecule has 5 nitrogen and oxygen atoms in total. The predicted molar refractivity (Wildman–Crippen MR) is 115 cm³/mol. The Morgan fingerprint density at radius 1 is 1.07 bits per heavy atom. The van der Waals surface area contributed by atoms with Gasteiger partial charge in [-0.2, -0.15) is 0 Å². The minimum atomic E-state index is -0.0729. The lowest BCUT2D eigenvalue weighted by molar-refractivity contribution is 0.0342. The quantitative estimate of drug-likeness (QED) is 0.698. The van der Waals surface area contributed by atoms with Crippen LogP contribution in [-0.2, 0) is 17.9 Å². The number of hydrogen-bond acceptors (Lipinski definition) is 5. The van der Waals surface area contributed by atoms with Gasteiger partial charge in [-0.1, -0.05) is 30.3 Å². The first-order valence-electron chi connectivity index (χ1n) is 9.82. The van der Waals surface area contributed by atoms with Crippen LogP contribution in [0.5, 0.6) is 5.75 Å².